The molecular formula is C17H21Cl3N6O. The van der Waals surface area contributed by atoms with E-state index in [4.69, 9.17) is 39.5 Å². The molecule has 0 aliphatic carbocycles. The number of hydrogen-bond acceptors (Lipinski definition) is 7. The molecule has 27 heavy (non-hydrogen) atoms. The van der Waals surface area contributed by atoms with Crippen LogP contribution in [-0.4, -0.2) is 53.1 Å². The van der Waals surface area contributed by atoms with Crippen LogP contribution in [0.15, 0.2) is 24.3 Å². The van der Waals surface area contributed by atoms with Gasteiger partial charge in [0.05, 0.1) is 12.8 Å². The highest BCUT2D eigenvalue weighted by molar-refractivity contribution is 6.66. The Morgan fingerprint density at radius 1 is 1.07 bits per heavy atom. The van der Waals surface area contributed by atoms with Crippen molar-refractivity contribution in [2.75, 3.05) is 43.9 Å². The molecule has 0 amide bonds. The number of nitrogens with zero attached hydrogens (tertiary/aromatic N) is 4. The highest BCUT2D eigenvalue weighted by atomic mass is 35.6. The minimum absolute atomic E-state index is 0.0450. The Kier molecular flexibility index (Phi) is 6.81. The highest BCUT2D eigenvalue weighted by Crippen LogP contribution is 2.37. The second-order valence-electron chi connectivity index (χ2n) is 6.10. The Morgan fingerprint density at radius 2 is 1.78 bits per heavy atom. The smallest absolute Gasteiger partial charge is 0.250 e. The van der Waals surface area contributed by atoms with Crippen LogP contribution in [0.5, 0.6) is 5.75 Å². The van der Waals surface area contributed by atoms with Crippen molar-refractivity contribution >= 4 is 52.4 Å². The molecule has 2 heterocycles. The molecule has 3 rings (SSSR count). The van der Waals surface area contributed by atoms with E-state index < -0.39 is 3.79 Å². The van der Waals surface area contributed by atoms with Gasteiger partial charge in [-0.15, -0.1) is 0 Å². The van der Waals surface area contributed by atoms with Crippen LogP contribution in [-0.2, 0) is 3.79 Å². The molecule has 1 aromatic heterocycles. The predicted molar refractivity (Wildman–Crippen MR) is 110 cm³/mol. The first kappa shape index (κ1) is 20.2. The van der Waals surface area contributed by atoms with Crippen LogP contribution in [0.4, 0.5) is 17.6 Å². The van der Waals surface area contributed by atoms with Crippen molar-refractivity contribution in [1.82, 2.24) is 19.9 Å². The number of likely N-dealkylation sites (tertiary alicyclic amines) is 1. The molecule has 0 spiro atoms. The molecule has 2 N–H and O–H groups in total. The molecule has 0 bridgehead atoms. The molecular weight excluding hydrogens is 411 g/mol. The Morgan fingerprint density at radius 3 is 2.48 bits per heavy atom. The molecule has 0 unspecified atom stereocenters. The Hall–Kier alpha value is -1.54. The number of alkyl halides is 3. The van der Waals surface area contributed by atoms with Crippen LogP contribution < -0.4 is 15.4 Å². The number of aromatic nitrogens is 3. The van der Waals surface area contributed by atoms with Crippen LogP contribution >= 0.6 is 34.8 Å². The van der Waals surface area contributed by atoms with Crippen molar-refractivity contribution in [3.05, 3.63) is 30.1 Å². The van der Waals surface area contributed by atoms with Crippen LogP contribution in [0.3, 0.4) is 0 Å². The molecule has 0 saturated carbocycles. The maximum Gasteiger partial charge on any atom is 0.250 e. The summed E-state index contributed by atoms with van der Waals surface area (Å²) in [6, 6.07) is 7.42. The first-order valence-corrected chi connectivity index (χ1v) is 9.78. The van der Waals surface area contributed by atoms with E-state index in [1.165, 1.54) is 12.8 Å². The number of hydrogen-bond donors (Lipinski definition) is 2. The van der Waals surface area contributed by atoms with Crippen molar-refractivity contribution in [3.63, 3.8) is 0 Å². The summed E-state index contributed by atoms with van der Waals surface area (Å²) < 4.78 is 3.58. The largest absolute Gasteiger partial charge is 0.495 e. The minimum atomic E-state index is -1.76. The van der Waals surface area contributed by atoms with Gasteiger partial charge < -0.3 is 20.3 Å². The molecule has 0 atom stereocenters. The highest BCUT2D eigenvalue weighted by Gasteiger charge is 2.28. The third-order valence-corrected chi connectivity index (χ3v) is 4.66. The van der Waals surface area contributed by atoms with Gasteiger partial charge >= 0.3 is 0 Å². The lowest BCUT2D eigenvalue weighted by Crippen LogP contribution is -2.26. The van der Waals surface area contributed by atoms with Crippen molar-refractivity contribution < 1.29 is 4.74 Å². The molecule has 10 heteroatoms. The normalized spacial score (nSPS) is 15.0. The van der Waals surface area contributed by atoms with Gasteiger partial charge in [-0.3, -0.25) is 0 Å². The Bertz CT molecular complexity index is 765. The number of halogens is 3. The lowest BCUT2D eigenvalue weighted by Gasteiger charge is -2.17. The van der Waals surface area contributed by atoms with Crippen LogP contribution in [0.1, 0.15) is 18.7 Å². The Balaban J connectivity index is 1.77. The van der Waals surface area contributed by atoms with Gasteiger partial charge in [0.15, 0.2) is 5.82 Å². The molecule has 1 aliphatic heterocycles. The molecule has 2 aromatic rings. The second kappa shape index (κ2) is 9.10. The number of para-hydroxylation sites is 2. The summed E-state index contributed by atoms with van der Waals surface area (Å²) in [6.45, 7) is 3.85. The number of benzene rings is 1. The van der Waals surface area contributed by atoms with Crippen molar-refractivity contribution in [3.8, 4) is 5.75 Å². The zero-order chi connectivity index (χ0) is 19.3. The van der Waals surface area contributed by atoms with E-state index in [1.807, 2.05) is 24.3 Å². The fraction of sp³-hybridized carbons (Fsp3) is 0.471. The maximum atomic E-state index is 5.99. The van der Waals surface area contributed by atoms with Gasteiger partial charge in [-0.05, 0) is 38.1 Å². The quantitative estimate of drug-likeness (QED) is 0.643. The van der Waals surface area contributed by atoms with Gasteiger partial charge in [-0.2, -0.15) is 15.0 Å². The van der Waals surface area contributed by atoms with E-state index in [2.05, 4.69) is 30.5 Å². The number of methoxy groups -OCH3 is 1. The van der Waals surface area contributed by atoms with Gasteiger partial charge in [0.1, 0.15) is 5.75 Å². The number of nitrogens with one attached hydrogen (secondary N) is 2. The lowest BCUT2D eigenvalue weighted by molar-refractivity contribution is 0.352. The van der Waals surface area contributed by atoms with Crippen LogP contribution in [0.25, 0.3) is 0 Å². The average Bonchev–Trinajstić information content (AvgIpc) is 3.15. The zero-order valence-corrected chi connectivity index (χ0v) is 17.2. The molecule has 1 fully saturated rings. The second-order valence-corrected chi connectivity index (χ2v) is 8.39. The van der Waals surface area contributed by atoms with Crippen molar-refractivity contribution in [2.24, 2.45) is 0 Å². The monoisotopic (exact) mass is 430 g/mol. The van der Waals surface area contributed by atoms with Gasteiger partial charge in [0.2, 0.25) is 15.7 Å². The number of ether oxygens (including phenoxy) is 1. The van der Waals surface area contributed by atoms with Crippen molar-refractivity contribution in [1.29, 1.82) is 0 Å². The van der Waals surface area contributed by atoms with Gasteiger partial charge in [0.25, 0.3) is 0 Å². The topological polar surface area (TPSA) is 75.2 Å². The van der Waals surface area contributed by atoms with Crippen LogP contribution in [0.2, 0.25) is 0 Å². The summed E-state index contributed by atoms with van der Waals surface area (Å²) in [4.78, 5) is 15.2. The van der Waals surface area contributed by atoms with E-state index >= 15 is 0 Å². The van der Waals surface area contributed by atoms with E-state index in [0.29, 0.717) is 23.9 Å². The van der Waals surface area contributed by atoms with Gasteiger partial charge in [-0.1, -0.05) is 46.9 Å². The lowest BCUT2D eigenvalue weighted by atomic mass is 10.3. The van der Waals surface area contributed by atoms with Crippen LogP contribution in [0, 0.1) is 0 Å². The fourth-order valence-electron chi connectivity index (χ4n) is 2.84. The van der Waals surface area contributed by atoms with E-state index in [-0.39, 0.29) is 11.8 Å². The van der Waals surface area contributed by atoms with Gasteiger partial charge in [-0.25, -0.2) is 0 Å². The zero-order valence-electron chi connectivity index (χ0n) is 14.9. The third kappa shape index (κ3) is 5.72. The molecule has 1 saturated heterocycles. The summed E-state index contributed by atoms with van der Waals surface area (Å²) in [5.74, 6) is 1.31. The molecule has 1 aliphatic rings. The molecule has 1 aromatic carbocycles. The molecule has 7 nitrogen and oxygen atoms in total. The average molecular weight is 432 g/mol. The third-order valence-electron chi connectivity index (χ3n) is 4.15. The summed E-state index contributed by atoms with van der Waals surface area (Å²) >= 11 is 18.0. The van der Waals surface area contributed by atoms with E-state index in [0.717, 1.165) is 19.6 Å². The first-order valence-electron chi connectivity index (χ1n) is 8.65. The summed E-state index contributed by atoms with van der Waals surface area (Å²) in [5.41, 5.74) is 0.699. The first-order chi connectivity index (χ1) is 13.0. The standard InChI is InChI=1S/C17H21Cl3N6O/c1-27-13-7-3-2-6-12(13)22-16-24-14(17(18,19)20)23-15(25-16)21-8-11-26-9-4-5-10-26/h2-3,6-7H,4-5,8-11H2,1H3,(H2,21,22,23,24,25). The summed E-state index contributed by atoms with van der Waals surface area (Å²) in [7, 11) is 1.59. The molecule has 0 radical (unpaired) electrons. The van der Waals surface area contributed by atoms with E-state index in [9.17, 15) is 0 Å². The number of rotatable bonds is 7. The van der Waals surface area contributed by atoms with Crippen molar-refractivity contribution in [2.45, 2.75) is 16.6 Å². The predicted octanol–water partition coefficient (Wildman–Crippen LogP) is 3.96. The summed E-state index contributed by atoms with van der Waals surface area (Å²) in [5, 5.41) is 6.28. The molecule has 146 valence electrons. The van der Waals surface area contributed by atoms with Gasteiger partial charge in [0, 0.05) is 13.1 Å². The number of anilines is 3. The fourth-order valence-corrected chi connectivity index (χ4v) is 3.09. The maximum absolute atomic E-state index is 5.99. The Labute approximate surface area is 173 Å². The van der Waals surface area contributed by atoms with E-state index in [1.54, 1.807) is 7.11 Å². The SMILES string of the molecule is COc1ccccc1Nc1nc(NCCN2CCCC2)nc(C(Cl)(Cl)Cl)n1. The minimum Gasteiger partial charge on any atom is -0.495 e. The summed E-state index contributed by atoms with van der Waals surface area (Å²) in [6.07, 6.45) is 2.49.